The van der Waals surface area contributed by atoms with E-state index in [2.05, 4.69) is 29.6 Å². The lowest BCUT2D eigenvalue weighted by molar-refractivity contribution is -0.139. The molecule has 2 fully saturated rings. The van der Waals surface area contributed by atoms with E-state index in [0.29, 0.717) is 23.2 Å². The molecule has 4 rings (SSSR count). The standard InChI is InChI=1S/C25H34N6O5S/c1-36-24(32)14-29-37(34,35)20-9-10-21(18(11-20)13-26)30-25(33)22-12-23(28-16-27-22)31(15-17-7-8-17)19-5-3-2-4-6-19/h9-12,16-17,19,29H,2-8,13-15,26H2,1H3,(H,30,33). The number of benzene rings is 1. The van der Waals surface area contributed by atoms with Gasteiger partial charge in [0, 0.05) is 30.9 Å². The van der Waals surface area contributed by atoms with Crippen LogP contribution in [0.2, 0.25) is 0 Å². The van der Waals surface area contributed by atoms with Crippen LogP contribution in [0.1, 0.15) is 61.0 Å². The molecule has 0 bridgehead atoms. The summed E-state index contributed by atoms with van der Waals surface area (Å²) in [5.74, 6) is 0.289. The fourth-order valence-electron chi connectivity index (χ4n) is 4.55. The van der Waals surface area contributed by atoms with Gasteiger partial charge in [-0.1, -0.05) is 19.3 Å². The Morgan fingerprint density at radius 1 is 1.11 bits per heavy atom. The van der Waals surface area contributed by atoms with E-state index in [1.165, 1.54) is 63.7 Å². The Morgan fingerprint density at radius 2 is 1.86 bits per heavy atom. The summed E-state index contributed by atoms with van der Waals surface area (Å²) >= 11 is 0. The molecule has 2 saturated carbocycles. The number of anilines is 2. The monoisotopic (exact) mass is 530 g/mol. The highest BCUT2D eigenvalue weighted by molar-refractivity contribution is 7.89. The number of ether oxygens (including phenoxy) is 1. The zero-order valence-electron chi connectivity index (χ0n) is 21.0. The van der Waals surface area contributed by atoms with E-state index in [9.17, 15) is 18.0 Å². The number of rotatable bonds is 11. The highest BCUT2D eigenvalue weighted by Crippen LogP contribution is 2.34. The number of hydrogen-bond acceptors (Lipinski definition) is 9. The first-order valence-corrected chi connectivity index (χ1v) is 14.1. The Labute approximate surface area is 217 Å². The molecule has 11 nitrogen and oxygen atoms in total. The van der Waals surface area contributed by atoms with Crippen molar-refractivity contribution in [1.29, 1.82) is 0 Å². The van der Waals surface area contributed by atoms with Crippen LogP contribution in [0, 0.1) is 5.92 Å². The largest absolute Gasteiger partial charge is 0.468 e. The first-order chi connectivity index (χ1) is 17.8. The van der Waals surface area contributed by atoms with Crippen LogP contribution in [0.5, 0.6) is 0 Å². The molecule has 0 atom stereocenters. The fourth-order valence-corrected chi connectivity index (χ4v) is 5.57. The van der Waals surface area contributed by atoms with Gasteiger partial charge in [-0.15, -0.1) is 0 Å². The van der Waals surface area contributed by atoms with Crippen LogP contribution in [0.25, 0.3) is 0 Å². The van der Waals surface area contributed by atoms with Crippen LogP contribution in [-0.4, -0.2) is 56.5 Å². The number of nitrogens with zero attached hydrogens (tertiary/aromatic N) is 3. The maximum absolute atomic E-state index is 13.1. The average molecular weight is 531 g/mol. The van der Waals surface area contributed by atoms with E-state index in [-0.39, 0.29) is 17.1 Å². The molecule has 4 N–H and O–H groups in total. The van der Waals surface area contributed by atoms with Crippen LogP contribution < -0.4 is 20.7 Å². The molecule has 200 valence electrons. The van der Waals surface area contributed by atoms with Crippen molar-refractivity contribution in [3.8, 4) is 0 Å². The maximum Gasteiger partial charge on any atom is 0.320 e. The van der Waals surface area contributed by atoms with Crippen molar-refractivity contribution in [3.63, 3.8) is 0 Å². The number of carbonyl (C=O) groups excluding carboxylic acids is 2. The van der Waals surface area contributed by atoms with Gasteiger partial charge in [0.2, 0.25) is 10.0 Å². The number of aromatic nitrogens is 2. The van der Waals surface area contributed by atoms with Gasteiger partial charge < -0.3 is 20.7 Å². The van der Waals surface area contributed by atoms with Crippen molar-refractivity contribution in [2.75, 3.05) is 30.4 Å². The first-order valence-electron chi connectivity index (χ1n) is 12.6. The Morgan fingerprint density at radius 3 is 2.54 bits per heavy atom. The summed E-state index contributed by atoms with van der Waals surface area (Å²) in [6.07, 6.45) is 9.80. The predicted octanol–water partition coefficient (Wildman–Crippen LogP) is 2.19. The molecule has 2 aliphatic carbocycles. The number of nitrogens with one attached hydrogen (secondary N) is 2. The molecule has 2 aromatic rings. The lowest BCUT2D eigenvalue weighted by Gasteiger charge is -2.35. The van der Waals surface area contributed by atoms with Crippen molar-refractivity contribution >= 4 is 33.4 Å². The lowest BCUT2D eigenvalue weighted by Crippen LogP contribution is -2.39. The lowest BCUT2D eigenvalue weighted by atomic mass is 9.94. The predicted molar refractivity (Wildman–Crippen MR) is 138 cm³/mol. The van der Waals surface area contributed by atoms with Crippen molar-refractivity contribution < 1.29 is 22.7 Å². The average Bonchev–Trinajstić information content (AvgIpc) is 3.75. The second kappa shape index (κ2) is 12.0. The summed E-state index contributed by atoms with van der Waals surface area (Å²) in [6.45, 7) is 0.436. The molecular formula is C25H34N6O5S. The molecular weight excluding hydrogens is 496 g/mol. The van der Waals surface area contributed by atoms with Gasteiger partial charge in [0.25, 0.3) is 5.91 Å². The minimum absolute atomic E-state index is 0.0121. The molecule has 0 unspecified atom stereocenters. The SMILES string of the molecule is COC(=O)CNS(=O)(=O)c1ccc(NC(=O)c2cc(N(CC3CC3)C3CCCCC3)ncn2)c(CN)c1. The summed E-state index contributed by atoms with van der Waals surface area (Å²) in [5.41, 5.74) is 6.86. The van der Waals surface area contributed by atoms with E-state index < -0.39 is 28.4 Å². The molecule has 0 aliphatic heterocycles. The summed E-state index contributed by atoms with van der Waals surface area (Å²) < 4.78 is 31.7. The van der Waals surface area contributed by atoms with Crippen LogP contribution in [-0.2, 0) is 26.1 Å². The summed E-state index contributed by atoms with van der Waals surface area (Å²) in [7, 11) is -2.80. The molecule has 1 amide bonds. The Kier molecular flexibility index (Phi) is 8.72. The Bertz CT molecular complexity index is 1230. The van der Waals surface area contributed by atoms with E-state index in [1.54, 1.807) is 6.07 Å². The van der Waals surface area contributed by atoms with Crippen LogP contribution >= 0.6 is 0 Å². The highest BCUT2D eigenvalue weighted by Gasteiger charge is 2.30. The quantitative estimate of drug-likeness (QED) is 0.371. The summed E-state index contributed by atoms with van der Waals surface area (Å²) in [6, 6.07) is 6.31. The summed E-state index contributed by atoms with van der Waals surface area (Å²) in [5, 5.41) is 2.80. The summed E-state index contributed by atoms with van der Waals surface area (Å²) in [4.78, 5) is 35.4. The molecule has 2 aliphatic rings. The molecule has 12 heteroatoms. The van der Waals surface area contributed by atoms with Crippen LogP contribution in [0.15, 0.2) is 35.5 Å². The molecule has 37 heavy (non-hydrogen) atoms. The second-order valence-corrected chi connectivity index (χ2v) is 11.3. The third-order valence-electron chi connectivity index (χ3n) is 6.84. The molecule has 1 aromatic heterocycles. The minimum atomic E-state index is -3.97. The second-order valence-electron chi connectivity index (χ2n) is 9.53. The van der Waals surface area contributed by atoms with Crippen molar-refractivity contribution in [1.82, 2.24) is 14.7 Å². The topological polar surface area (TPSA) is 157 Å². The van der Waals surface area contributed by atoms with E-state index in [4.69, 9.17) is 5.73 Å². The first kappa shape index (κ1) is 27.0. The van der Waals surface area contributed by atoms with E-state index in [1.807, 2.05) is 0 Å². The van der Waals surface area contributed by atoms with Gasteiger partial charge in [0.1, 0.15) is 24.4 Å². The molecule has 0 radical (unpaired) electrons. The zero-order chi connectivity index (χ0) is 26.4. The molecule has 0 spiro atoms. The van der Waals surface area contributed by atoms with Gasteiger partial charge in [-0.3, -0.25) is 9.59 Å². The smallest absolute Gasteiger partial charge is 0.320 e. The van der Waals surface area contributed by atoms with Crippen LogP contribution in [0.4, 0.5) is 11.5 Å². The normalized spacial score (nSPS) is 16.3. The number of hydrogen-bond donors (Lipinski definition) is 3. The number of esters is 1. The third-order valence-corrected chi connectivity index (χ3v) is 8.24. The minimum Gasteiger partial charge on any atom is -0.468 e. The number of carbonyl (C=O) groups is 2. The van der Waals surface area contributed by atoms with E-state index in [0.717, 1.165) is 25.2 Å². The van der Waals surface area contributed by atoms with Gasteiger partial charge in [-0.05, 0) is 55.4 Å². The van der Waals surface area contributed by atoms with Gasteiger partial charge in [-0.25, -0.2) is 18.4 Å². The number of amides is 1. The van der Waals surface area contributed by atoms with Gasteiger partial charge in [-0.2, -0.15) is 4.72 Å². The zero-order valence-corrected chi connectivity index (χ0v) is 21.8. The molecule has 1 aromatic carbocycles. The van der Waals surface area contributed by atoms with Crippen LogP contribution in [0.3, 0.4) is 0 Å². The Balaban J connectivity index is 1.50. The number of sulfonamides is 1. The molecule has 1 heterocycles. The Hall–Kier alpha value is -3.09. The number of methoxy groups -OCH3 is 1. The highest BCUT2D eigenvalue weighted by atomic mass is 32.2. The van der Waals surface area contributed by atoms with Crippen molar-refractivity contribution in [2.45, 2.75) is 62.4 Å². The van der Waals surface area contributed by atoms with Crippen molar-refractivity contribution in [2.24, 2.45) is 11.7 Å². The van der Waals surface area contributed by atoms with E-state index >= 15 is 0 Å². The van der Waals surface area contributed by atoms with Gasteiger partial charge in [0.15, 0.2) is 0 Å². The maximum atomic E-state index is 13.1. The van der Waals surface area contributed by atoms with Crippen molar-refractivity contribution in [3.05, 3.63) is 41.9 Å². The van der Waals surface area contributed by atoms with Gasteiger partial charge >= 0.3 is 5.97 Å². The molecule has 0 saturated heterocycles. The van der Waals surface area contributed by atoms with Gasteiger partial charge in [0.05, 0.1) is 12.0 Å². The third kappa shape index (κ3) is 7.02. The fraction of sp³-hybridized carbons (Fsp3) is 0.520. The number of nitrogens with two attached hydrogens (primary N) is 1.